The molecule has 136 valence electrons. The molecular formula is C19H18Cl2N2O3. The van der Waals surface area contributed by atoms with Crippen molar-refractivity contribution < 1.29 is 14.3 Å². The molecule has 0 radical (unpaired) electrons. The van der Waals surface area contributed by atoms with Crippen molar-refractivity contribution in [3.05, 3.63) is 58.1 Å². The van der Waals surface area contributed by atoms with Gasteiger partial charge in [0, 0.05) is 24.3 Å². The predicted molar refractivity (Wildman–Crippen MR) is 103 cm³/mol. The SMILES string of the molecule is O=C(CCc1ccc(Cl)c(Cl)c1)Nc1ccc(N2CCOCC2=O)cc1. The van der Waals surface area contributed by atoms with Crippen LogP contribution in [0.25, 0.3) is 0 Å². The fourth-order valence-corrected chi connectivity index (χ4v) is 3.01. The van der Waals surface area contributed by atoms with E-state index >= 15 is 0 Å². The van der Waals surface area contributed by atoms with Gasteiger partial charge < -0.3 is 15.0 Å². The number of amides is 2. The molecule has 0 aromatic heterocycles. The average Bonchev–Trinajstić information content (AvgIpc) is 2.64. The molecular weight excluding hydrogens is 375 g/mol. The van der Waals surface area contributed by atoms with Gasteiger partial charge in [0.2, 0.25) is 5.91 Å². The van der Waals surface area contributed by atoms with Crippen molar-refractivity contribution in [2.75, 3.05) is 30.0 Å². The summed E-state index contributed by atoms with van der Waals surface area (Å²) in [5.41, 5.74) is 2.44. The number of rotatable bonds is 5. The molecule has 3 rings (SSSR count). The number of nitrogens with one attached hydrogen (secondary N) is 1. The first-order valence-corrected chi connectivity index (χ1v) is 9.00. The normalized spacial score (nSPS) is 14.4. The van der Waals surface area contributed by atoms with Gasteiger partial charge in [-0.1, -0.05) is 29.3 Å². The van der Waals surface area contributed by atoms with E-state index in [-0.39, 0.29) is 18.4 Å². The lowest BCUT2D eigenvalue weighted by Gasteiger charge is -2.26. The van der Waals surface area contributed by atoms with Crippen LogP contribution in [0.2, 0.25) is 10.0 Å². The number of ether oxygens (including phenoxy) is 1. The summed E-state index contributed by atoms with van der Waals surface area (Å²) in [5.74, 6) is -0.152. The highest BCUT2D eigenvalue weighted by Gasteiger charge is 2.19. The van der Waals surface area contributed by atoms with Gasteiger partial charge in [0.05, 0.1) is 16.7 Å². The molecule has 7 heteroatoms. The Balaban J connectivity index is 1.54. The van der Waals surface area contributed by atoms with Crippen LogP contribution in [0.5, 0.6) is 0 Å². The molecule has 2 aromatic carbocycles. The number of carbonyl (C=O) groups is 2. The molecule has 1 aliphatic rings. The van der Waals surface area contributed by atoms with Crippen LogP contribution in [0.15, 0.2) is 42.5 Å². The number of hydrogen-bond acceptors (Lipinski definition) is 3. The predicted octanol–water partition coefficient (Wildman–Crippen LogP) is 3.93. The van der Waals surface area contributed by atoms with E-state index in [1.54, 1.807) is 29.2 Å². The molecule has 26 heavy (non-hydrogen) atoms. The number of benzene rings is 2. The molecule has 1 N–H and O–H groups in total. The summed E-state index contributed by atoms with van der Waals surface area (Å²) in [7, 11) is 0. The monoisotopic (exact) mass is 392 g/mol. The van der Waals surface area contributed by atoms with E-state index in [9.17, 15) is 9.59 Å². The Morgan fingerprint density at radius 1 is 1.12 bits per heavy atom. The van der Waals surface area contributed by atoms with Crippen molar-refractivity contribution in [1.82, 2.24) is 0 Å². The van der Waals surface area contributed by atoms with Crippen LogP contribution in [-0.2, 0) is 20.7 Å². The Bertz CT molecular complexity index is 809. The number of nitrogens with zero attached hydrogens (tertiary/aromatic N) is 1. The van der Waals surface area contributed by atoms with E-state index in [4.69, 9.17) is 27.9 Å². The third kappa shape index (κ3) is 4.75. The van der Waals surface area contributed by atoms with Crippen molar-refractivity contribution in [3.8, 4) is 0 Å². The summed E-state index contributed by atoms with van der Waals surface area (Å²) in [6.07, 6.45) is 0.907. The van der Waals surface area contributed by atoms with Crippen LogP contribution in [0.4, 0.5) is 11.4 Å². The molecule has 0 saturated carbocycles. The first-order chi connectivity index (χ1) is 12.5. The third-order valence-corrected chi connectivity index (χ3v) is 4.81. The second-order valence-electron chi connectivity index (χ2n) is 5.94. The van der Waals surface area contributed by atoms with Crippen LogP contribution in [0.1, 0.15) is 12.0 Å². The molecule has 1 saturated heterocycles. The maximum atomic E-state index is 12.1. The van der Waals surface area contributed by atoms with Gasteiger partial charge in [0.25, 0.3) is 5.91 Å². The average molecular weight is 393 g/mol. The molecule has 1 aliphatic heterocycles. The Labute approximate surface area is 161 Å². The van der Waals surface area contributed by atoms with E-state index in [1.807, 2.05) is 18.2 Å². The number of carbonyl (C=O) groups excluding carboxylic acids is 2. The van der Waals surface area contributed by atoms with Gasteiger partial charge in [-0.15, -0.1) is 0 Å². The summed E-state index contributed by atoms with van der Waals surface area (Å²) >= 11 is 11.9. The maximum absolute atomic E-state index is 12.1. The van der Waals surface area contributed by atoms with Crippen molar-refractivity contribution in [2.24, 2.45) is 0 Å². The van der Waals surface area contributed by atoms with Crippen molar-refractivity contribution in [1.29, 1.82) is 0 Å². The largest absolute Gasteiger partial charge is 0.370 e. The van der Waals surface area contributed by atoms with Crippen LogP contribution < -0.4 is 10.2 Å². The maximum Gasteiger partial charge on any atom is 0.253 e. The second kappa shape index (κ2) is 8.54. The summed E-state index contributed by atoms with van der Waals surface area (Å²) < 4.78 is 5.12. The van der Waals surface area contributed by atoms with E-state index in [2.05, 4.69) is 5.32 Å². The lowest BCUT2D eigenvalue weighted by molar-refractivity contribution is -0.125. The Hall–Kier alpha value is -2.08. The zero-order valence-corrected chi connectivity index (χ0v) is 15.5. The molecule has 0 aliphatic carbocycles. The molecule has 1 heterocycles. The lowest BCUT2D eigenvalue weighted by Crippen LogP contribution is -2.41. The molecule has 0 atom stereocenters. The topological polar surface area (TPSA) is 58.6 Å². The summed E-state index contributed by atoms with van der Waals surface area (Å²) in [5, 5.41) is 3.84. The smallest absolute Gasteiger partial charge is 0.253 e. The fourth-order valence-electron chi connectivity index (χ4n) is 2.69. The highest BCUT2D eigenvalue weighted by molar-refractivity contribution is 6.42. The minimum atomic E-state index is -0.0914. The molecule has 0 spiro atoms. The Morgan fingerprint density at radius 2 is 1.88 bits per heavy atom. The Kier molecular flexibility index (Phi) is 6.14. The van der Waals surface area contributed by atoms with Crippen LogP contribution in [0.3, 0.4) is 0 Å². The van der Waals surface area contributed by atoms with Gasteiger partial charge in [-0.05, 0) is 48.4 Å². The second-order valence-corrected chi connectivity index (χ2v) is 6.76. The number of hydrogen-bond donors (Lipinski definition) is 1. The zero-order chi connectivity index (χ0) is 18.5. The number of anilines is 2. The van der Waals surface area contributed by atoms with Gasteiger partial charge in [-0.25, -0.2) is 0 Å². The number of halogens is 2. The first kappa shape index (κ1) is 18.7. The van der Waals surface area contributed by atoms with E-state index in [0.717, 1.165) is 11.3 Å². The third-order valence-electron chi connectivity index (χ3n) is 4.07. The minimum Gasteiger partial charge on any atom is -0.370 e. The van der Waals surface area contributed by atoms with E-state index in [1.165, 1.54) is 0 Å². The van der Waals surface area contributed by atoms with Gasteiger partial charge >= 0.3 is 0 Å². The molecule has 2 amide bonds. The molecule has 2 aromatic rings. The quantitative estimate of drug-likeness (QED) is 0.838. The van der Waals surface area contributed by atoms with E-state index < -0.39 is 0 Å². The van der Waals surface area contributed by atoms with Gasteiger partial charge in [0.1, 0.15) is 6.61 Å². The summed E-state index contributed by atoms with van der Waals surface area (Å²) in [6.45, 7) is 1.17. The standard InChI is InChI=1S/C19H18Cl2N2O3/c20-16-7-1-13(11-17(16)21)2-8-18(24)22-14-3-5-15(6-4-14)23-9-10-26-12-19(23)25/h1,3-7,11H,2,8-10,12H2,(H,22,24). The lowest BCUT2D eigenvalue weighted by atomic mass is 10.1. The van der Waals surface area contributed by atoms with Crippen LogP contribution in [-0.4, -0.2) is 31.6 Å². The van der Waals surface area contributed by atoms with Gasteiger partial charge in [0.15, 0.2) is 0 Å². The summed E-state index contributed by atoms with van der Waals surface area (Å²) in [4.78, 5) is 25.6. The highest BCUT2D eigenvalue weighted by atomic mass is 35.5. The van der Waals surface area contributed by atoms with Gasteiger partial charge in [-0.3, -0.25) is 9.59 Å². The number of morpholine rings is 1. The molecule has 1 fully saturated rings. The van der Waals surface area contributed by atoms with E-state index in [0.29, 0.717) is 41.7 Å². The zero-order valence-electron chi connectivity index (χ0n) is 14.0. The fraction of sp³-hybridized carbons (Fsp3) is 0.263. The highest BCUT2D eigenvalue weighted by Crippen LogP contribution is 2.23. The van der Waals surface area contributed by atoms with Gasteiger partial charge in [-0.2, -0.15) is 0 Å². The molecule has 0 unspecified atom stereocenters. The molecule has 5 nitrogen and oxygen atoms in total. The number of aryl methyl sites for hydroxylation is 1. The van der Waals surface area contributed by atoms with Crippen LogP contribution in [0, 0.1) is 0 Å². The van der Waals surface area contributed by atoms with Crippen molar-refractivity contribution >= 4 is 46.4 Å². The van der Waals surface area contributed by atoms with Crippen LogP contribution >= 0.6 is 23.2 Å². The minimum absolute atomic E-state index is 0.0605. The van der Waals surface area contributed by atoms with Crippen molar-refractivity contribution in [3.63, 3.8) is 0 Å². The summed E-state index contributed by atoms with van der Waals surface area (Å²) in [6, 6.07) is 12.6. The van der Waals surface area contributed by atoms with Crippen molar-refractivity contribution in [2.45, 2.75) is 12.8 Å². The Morgan fingerprint density at radius 3 is 2.58 bits per heavy atom. The first-order valence-electron chi connectivity index (χ1n) is 8.25. The molecule has 0 bridgehead atoms.